The van der Waals surface area contributed by atoms with Gasteiger partial charge in [-0.05, 0) is 49.8 Å². The van der Waals surface area contributed by atoms with Gasteiger partial charge in [-0.2, -0.15) is 18.4 Å². The van der Waals surface area contributed by atoms with Crippen LogP contribution in [0.5, 0.6) is 5.75 Å². The van der Waals surface area contributed by atoms with Crippen LogP contribution in [0.1, 0.15) is 47.5 Å². The standard InChI is InChI=1S/C31H33F4N5O2S/c1-19(2)40-13-9-20(10-14-40)39-25-7-4-6-21-23(18-31(33,34)35)28(43-29(21)25)8-5-12-38-26-17-24(32)22(30(41)37-3)16-27(26)42-15-11-36/h4,6-7,16-17,19-20,38-39H,9-10,12-15,18H2,1-3H3,(H,37,41). The number of hydrogen-bond acceptors (Lipinski definition) is 7. The van der Waals surface area contributed by atoms with Crippen molar-refractivity contribution >= 4 is 38.7 Å². The molecule has 12 heteroatoms. The number of carbonyl (C=O) groups is 1. The number of ether oxygens (including phenoxy) is 1. The lowest BCUT2D eigenvalue weighted by atomic mass is 10.0. The molecule has 2 heterocycles. The van der Waals surface area contributed by atoms with Crippen molar-refractivity contribution in [2.45, 2.75) is 51.4 Å². The maximum absolute atomic E-state index is 14.6. The predicted molar refractivity (Wildman–Crippen MR) is 161 cm³/mol. The topological polar surface area (TPSA) is 89.4 Å². The number of alkyl halides is 3. The monoisotopic (exact) mass is 615 g/mol. The average Bonchev–Trinajstić information content (AvgIpc) is 3.31. The molecule has 1 aromatic heterocycles. The van der Waals surface area contributed by atoms with Gasteiger partial charge >= 0.3 is 6.18 Å². The zero-order valence-corrected chi connectivity index (χ0v) is 24.9. The zero-order valence-electron chi connectivity index (χ0n) is 24.1. The fraction of sp³-hybridized carbons (Fsp3) is 0.419. The second-order valence-electron chi connectivity index (χ2n) is 10.4. The van der Waals surface area contributed by atoms with Gasteiger partial charge in [0.1, 0.15) is 17.6 Å². The second kappa shape index (κ2) is 14.0. The van der Waals surface area contributed by atoms with Gasteiger partial charge in [0.25, 0.3) is 5.91 Å². The van der Waals surface area contributed by atoms with E-state index in [0.717, 1.165) is 42.4 Å². The SMILES string of the molecule is CNC(=O)c1cc(OCC#N)c(NCC#Cc2sc3c(NC4CCN(C(C)C)CC4)cccc3c2CC(F)(F)F)cc1F. The number of thiophene rings is 1. The van der Waals surface area contributed by atoms with E-state index in [1.54, 1.807) is 12.1 Å². The van der Waals surface area contributed by atoms with Crippen LogP contribution in [0.3, 0.4) is 0 Å². The van der Waals surface area contributed by atoms with E-state index < -0.39 is 24.3 Å². The minimum atomic E-state index is -4.42. The molecule has 0 unspecified atom stereocenters. The summed E-state index contributed by atoms with van der Waals surface area (Å²) in [6, 6.07) is 10.1. The first-order chi connectivity index (χ1) is 20.5. The van der Waals surface area contributed by atoms with Crippen molar-refractivity contribution in [3.8, 4) is 23.7 Å². The number of anilines is 2. The summed E-state index contributed by atoms with van der Waals surface area (Å²) >= 11 is 1.22. The summed E-state index contributed by atoms with van der Waals surface area (Å²) in [5, 5.41) is 18.2. The number of nitrogens with zero attached hydrogens (tertiary/aromatic N) is 2. The molecule has 1 aliphatic heterocycles. The van der Waals surface area contributed by atoms with Crippen LogP contribution in [0, 0.1) is 29.0 Å². The summed E-state index contributed by atoms with van der Waals surface area (Å²) < 4.78 is 61.6. The molecule has 0 spiro atoms. The van der Waals surface area contributed by atoms with Crippen molar-refractivity contribution in [1.29, 1.82) is 5.26 Å². The van der Waals surface area contributed by atoms with Gasteiger partial charge in [-0.15, -0.1) is 11.3 Å². The molecule has 1 fully saturated rings. The molecule has 228 valence electrons. The molecule has 1 amide bonds. The lowest BCUT2D eigenvalue weighted by molar-refractivity contribution is -0.126. The Morgan fingerprint density at radius 3 is 2.60 bits per heavy atom. The highest BCUT2D eigenvalue weighted by Gasteiger charge is 2.31. The van der Waals surface area contributed by atoms with E-state index >= 15 is 0 Å². The molecule has 1 saturated heterocycles. The molecular formula is C31H33F4N5O2S. The van der Waals surface area contributed by atoms with Gasteiger partial charge < -0.3 is 25.6 Å². The van der Waals surface area contributed by atoms with Crippen LogP contribution in [0.15, 0.2) is 30.3 Å². The molecule has 1 aliphatic rings. The van der Waals surface area contributed by atoms with Crippen molar-refractivity contribution in [1.82, 2.24) is 10.2 Å². The summed E-state index contributed by atoms with van der Waals surface area (Å²) in [6.07, 6.45) is -3.65. The van der Waals surface area contributed by atoms with Crippen LogP contribution < -0.4 is 20.7 Å². The molecule has 0 aliphatic carbocycles. The molecule has 43 heavy (non-hydrogen) atoms. The molecule has 4 rings (SSSR count). The lowest BCUT2D eigenvalue weighted by Crippen LogP contribution is -2.42. The van der Waals surface area contributed by atoms with Crippen molar-refractivity contribution in [3.63, 3.8) is 0 Å². The average molecular weight is 616 g/mol. The van der Waals surface area contributed by atoms with E-state index in [1.165, 1.54) is 24.5 Å². The van der Waals surface area contributed by atoms with Gasteiger partial charge in [0.05, 0.1) is 39.5 Å². The van der Waals surface area contributed by atoms with E-state index in [1.807, 2.05) is 12.1 Å². The maximum Gasteiger partial charge on any atom is 0.393 e. The normalized spacial score (nSPS) is 14.2. The Hall–Kier alpha value is -4.00. The van der Waals surface area contributed by atoms with Crippen LogP contribution >= 0.6 is 11.3 Å². The van der Waals surface area contributed by atoms with Crippen molar-refractivity contribution < 1.29 is 27.1 Å². The van der Waals surface area contributed by atoms with E-state index in [9.17, 15) is 22.4 Å². The number of hydrogen-bond donors (Lipinski definition) is 3. The van der Waals surface area contributed by atoms with E-state index in [4.69, 9.17) is 10.00 Å². The first kappa shape index (κ1) is 31.9. The zero-order chi connectivity index (χ0) is 31.1. The van der Waals surface area contributed by atoms with Crippen LogP contribution in [0.2, 0.25) is 0 Å². The van der Waals surface area contributed by atoms with E-state index in [-0.39, 0.29) is 41.8 Å². The molecule has 7 nitrogen and oxygen atoms in total. The second-order valence-corrected chi connectivity index (χ2v) is 11.5. The van der Waals surface area contributed by atoms with Crippen LogP contribution in [0.4, 0.5) is 28.9 Å². The number of amides is 1. The highest BCUT2D eigenvalue weighted by molar-refractivity contribution is 7.20. The molecular weight excluding hydrogens is 582 g/mol. The number of likely N-dealkylation sites (tertiary alicyclic amines) is 1. The minimum absolute atomic E-state index is 0.0547. The third-order valence-corrected chi connectivity index (χ3v) is 8.41. The van der Waals surface area contributed by atoms with Gasteiger partial charge in [-0.25, -0.2) is 4.39 Å². The fourth-order valence-electron chi connectivity index (χ4n) is 5.03. The Kier molecular flexibility index (Phi) is 10.4. The fourth-order valence-corrected chi connectivity index (χ4v) is 6.21. The molecule has 0 radical (unpaired) electrons. The quantitative estimate of drug-likeness (QED) is 0.198. The Labute approximate surface area is 252 Å². The predicted octanol–water partition coefficient (Wildman–Crippen LogP) is 6.16. The van der Waals surface area contributed by atoms with Gasteiger partial charge in [-0.1, -0.05) is 24.0 Å². The summed E-state index contributed by atoms with van der Waals surface area (Å²) in [6.45, 7) is 5.86. The van der Waals surface area contributed by atoms with Crippen LogP contribution in [0.25, 0.3) is 10.1 Å². The highest BCUT2D eigenvalue weighted by Crippen LogP contribution is 2.39. The summed E-state index contributed by atoms with van der Waals surface area (Å²) in [7, 11) is 1.36. The Morgan fingerprint density at radius 2 is 1.95 bits per heavy atom. The number of fused-ring (bicyclic) bond motifs is 1. The van der Waals surface area contributed by atoms with Crippen molar-refractivity contribution in [3.05, 3.63) is 52.2 Å². The first-order valence-electron chi connectivity index (χ1n) is 13.9. The first-order valence-corrected chi connectivity index (χ1v) is 14.7. The Bertz CT molecular complexity index is 1560. The van der Waals surface area contributed by atoms with Crippen LogP contribution in [-0.2, 0) is 6.42 Å². The third kappa shape index (κ3) is 8.09. The molecule has 0 atom stereocenters. The number of piperidine rings is 1. The summed E-state index contributed by atoms with van der Waals surface area (Å²) in [4.78, 5) is 14.7. The summed E-state index contributed by atoms with van der Waals surface area (Å²) in [5.74, 6) is 4.31. The van der Waals surface area contributed by atoms with Gasteiger partial charge in [0, 0.05) is 38.3 Å². The smallest absolute Gasteiger partial charge is 0.393 e. The van der Waals surface area contributed by atoms with E-state index in [2.05, 4.69) is 46.5 Å². The number of nitrogens with one attached hydrogen (secondary N) is 3. The molecule has 3 aromatic rings. The van der Waals surface area contributed by atoms with Crippen molar-refractivity contribution in [2.24, 2.45) is 0 Å². The van der Waals surface area contributed by atoms with Gasteiger partial charge in [0.2, 0.25) is 0 Å². The molecule has 0 saturated carbocycles. The molecule has 0 bridgehead atoms. The number of halogens is 4. The minimum Gasteiger partial charge on any atom is -0.477 e. The molecule has 3 N–H and O–H groups in total. The summed E-state index contributed by atoms with van der Waals surface area (Å²) in [5.41, 5.74) is 0.809. The number of rotatable bonds is 9. The number of benzene rings is 2. The Morgan fingerprint density at radius 1 is 1.21 bits per heavy atom. The maximum atomic E-state index is 14.6. The largest absolute Gasteiger partial charge is 0.477 e. The third-order valence-electron chi connectivity index (χ3n) is 7.22. The van der Waals surface area contributed by atoms with Crippen molar-refractivity contribution in [2.75, 3.05) is 43.9 Å². The molecule has 2 aromatic carbocycles. The van der Waals surface area contributed by atoms with E-state index in [0.29, 0.717) is 16.3 Å². The lowest BCUT2D eigenvalue weighted by Gasteiger charge is -2.35. The number of carbonyl (C=O) groups excluding carboxylic acids is 1. The van der Waals surface area contributed by atoms with Gasteiger partial charge in [0.15, 0.2) is 6.61 Å². The highest BCUT2D eigenvalue weighted by atomic mass is 32.1. The van der Waals surface area contributed by atoms with Gasteiger partial charge in [-0.3, -0.25) is 4.79 Å². The van der Waals surface area contributed by atoms with Crippen LogP contribution in [-0.4, -0.2) is 62.4 Å². The number of nitriles is 1. The Balaban J connectivity index is 1.59.